The predicted molar refractivity (Wildman–Crippen MR) is 117 cm³/mol. The van der Waals surface area contributed by atoms with Crippen LogP contribution in [0.15, 0.2) is 76.1 Å². The molecule has 9 nitrogen and oxygen atoms in total. The fraction of sp³-hybridized carbons (Fsp3) is 0.182. The van der Waals surface area contributed by atoms with Gasteiger partial charge in [0.1, 0.15) is 6.61 Å². The van der Waals surface area contributed by atoms with Crippen LogP contribution >= 0.6 is 15.9 Å². The Morgan fingerprint density at radius 1 is 1.09 bits per heavy atom. The van der Waals surface area contributed by atoms with Gasteiger partial charge in [0.15, 0.2) is 18.3 Å². The molecule has 1 amide bonds. The van der Waals surface area contributed by atoms with E-state index in [4.69, 9.17) is 14.2 Å². The molecule has 0 saturated carbocycles. The van der Waals surface area contributed by atoms with Crippen LogP contribution < -0.4 is 11.0 Å². The summed E-state index contributed by atoms with van der Waals surface area (Å²) in [5.41, 5.74) is 0.220. The standard InChI is InChI=1S/C22H18BrN3O6/c23-16-11-26(22(29)25-19(16)24-20(27)14-7-3-1-4-8-14)17-12-30-18(32-17)13-31-21(28)15-9-5-2-6-10-15/h1-11,17-18H,12-13H2,(H,24,25,27,29)/t17-,18-/m0/s1. The van der Waals surface area contributed by atoms with E-state index >= 15 is 0 Å². The number of carbonyl (C=O) groups excluding carboxylic acids is 2. The van der Waals surface area contributed by atoms with E-state index in [0.29, 0.717) is 15.6 Å². The van der Waals surface area contributed by atoms with Gasteiger partial charge < -0.3 is 19.5 Å². The minimum absolute atomic E-state index is 0.0668. The molecule has 4 rings (SSSR count). The van der Waals surface area contributed by atoms with E-state index in [1.165, 1.54) is 10.8 Å². The van der Waals surface area contributed by atoms with Crippen LogP contribution in [0.25, 0.3) is 0 Å². The van der Waals surface area contributed by atoms with Crippen LogP contribution in [0.1, 0.15) is 26.9 Å². The smallest absolute Gasteiger partial charge is 0.351 e. The number of nitrogens with zero attached hydrogens (tertiary/aromatic N) is 2. The molecule has 2 aromatic carbocycles. The Kier molecular flexibility index (Phi) is 6.74. The summed E-state index contributed by atoms with van der Waals surface area (Å²) in [6, 6.07) is 17.1. The highest BCUT2D eigenvalue weighted by Crippen LogP contribution is 2.24. The zero-order chi connectivity index (χ0) is 22.5. The second-order valence-electron chi connectivity index (χ2n) is 6.77. The van der Waals surface area contributed by atoms with Crippen molar-refractivity contribution in [2.45, 2.75) is 12.5 Å². The number of hydrogen-bond acceptors (Lipinski definition) is 7. The minimum atomic E-state index is -0.823. The summed E-state index contributed by atoms with van der Waals surface area (Å²) in [6.45, 7) is -0.0594. The Bertz CT molecular complexity index is 1170. The van der Waals surface area contributed by atoms with Gasteiger partial charge in [-0.3, -0.25) is 9.36 Å². The summed E-state index contributed by atoms with van der Waals surface area (Å²) < 4.78 is 18.0. The number of anilines is 1. The van der Waals surface area contributed by atoms with E-state index in [-0.39, 0.29) is 19.0 Å². The van der Waals surface area contributed by atoms with E-state index in [2.05, 4.69) is 26.2 Å². The monoisotopic (exact) mass is 499 g/mol. The molecule has 2 heterocycles. The highest BCUT2D eigenvalue weighted by molar-refractivity contribution is 9.10. The fourth-order valence-electron chi connectivity index (χ4n) is 2.99. The van der Waals surface area contributed by atoms with Crippen LogP contribution in [-0.2, 0) is 14.2 Å². The maximum absolute atomic E-state index is 12.5. The lowest BCUT2D eigenvalue weighted by atomic mass is 10.2. The van der Waals surface area contributed by atoms with E-state index in [0.717, 1.165) is 0 Å². The molecule has 0 unspecified atom stereocenters. The number of esters is 1. The number of amides is 1. The zero-order valence-corrected chi connectivity index (χ0v) is 18.2. The number of halogens is 1. The van der Waals surface area contributed by atoms with Crippen LogP contribution in [0.3, 0.4) is 0 Å². The van der Waals surface area contributed by atoms with Gasteiger partial charge in [-0.2, -0.15) is 4.98 Å². The second kappa shape index (κ2) is 9.86. The average molecular weight is 500 g/mol. The third kappa shape index (κ3) is 5.10. The Morgan fingerprint density at radius 2 is 1.75 bits per heavy atom. The van der Waals surface area contributed by atoms with Gasteiger partial charge in [-0.1, -0.05) is 36.4 Å². The maximum Gasteiger partial charge on any atom is 0.351 e. The van der Waals surface area contributed by atoms with Gasteiger partial charge in [0.05, 0.1) is 16.6 Å². The molecule has 0 radical (unpaired) electrons. The second-order valence-corrected chi connectivity index (χ2v) is 7.62. The van der Waals surface area contributed by atoms with Crippen molar-refractivity contribution < 1.29 is 23.8 Å². The molecule has 1 aromatic heterocycles. The highest BCUT2D eigenvalue weighted by Gasteiger charge is 2.30. The molecule has 1 fully saturated rings. The van der Waals surface area contributed by atoms with Crippen molar-refractivity contribution in [3.05, 3.63) is 92.9 Å². The predicted octanol–water partition coefficient (Wildman–Crippen LogP) is 2.99. The topological polar surface area (TPSA) is 109 Å². The Balaban J connectivity index is 1.38. The summed E-state index contributed by atoms with van der Waals surface area (Å²) in [5.74, 6) is -0.801. The lowest BCUT2D eigenvalue weighted by molar-refractivity contribution is -0.103. The molecule has 0 spiro atoms. The fourth-order valence-corrected chi connectivity index (χ4v) is 3.39. The number of aromatic nitrogens is 2. The molecule has 1 N–H and O–H groups in total. The quantitative estimate of drug-likeness (QED) is 0.519. The third-order valence-electron chi connectivity index (χ3n) is 4.58. The van der Waals surface area contributed by atoms with Gasteiger partial charge in [0.2, 0.25) is 0 Å². The third-order valence-corrected chi connectivity index (χ3v) is 5.16. The van der Waals surface area contributed by atoms with E-state index < -0.39 is 30.1 Å². The largest absolute Gasteiger partial charge is 0.457 e. The van der Waals surface area contributed by atoms with Crippen molar-refractivity contribution in [1.29, 1.82) is 0 Å². The van der Waals surface area contributed by atoms with Gasteiger partial charge in [-0.25, -0.2) is 9.59 Å². The number of ether oxygens (including phenoxy) is 3. The lowest BCUT2D eigenvalue weighted by Gasteiger charge is -2.15. The van der Waals surface area contributed by atoms with Crippen molar-refractivity contribution in [2.24, 2.45) is 0 Å². The molecule has 2 atom stereocenters. The van der Waals surface area contributed by atoms with Crippen LogP contribution in [0.2, 0.25) is 0 Å². The summed E-state index contributed by atoms with van der Waals surface area (Å²) in [5, 5.41) is 2.60. The summed E-state index contributed by atoms with van der Waals surface area (Å²) in [7, 11) is 0. The van der Waals surface area contributed by atoms with Crippen molar-refractivity contribution >= 4 is 33.6 Å². The van der Waals surface area contributed by atoms with Crippen LogP contribution in [-0.4, -0.2) is 40.9 Å². The Morgan fingerprint density at radius 3 is 2.44 bits per heavy atom. The van der Waals surface area contributed by atoms with Gasteiger partial charge in [-0.05, 0) is 40.2 Å². The molecule has 1 aliphatic heterocycles. The molecule has 1 saturated heterocycles. The average Bonchev–Trinajstić information content (AvgIpc) is 3.29. The number of rotatable bonds is 6. The molecule has 1 aliphatic rings. The van der Waals surface area contributed by atoms with Crippen molar-refractivity contribution in [2.75, 3.05) is 18.5 Å². The molecule has 10 heteroatoms. The molecule has 32 heavy (non-hydrogen) atoms. The Hall–Kier alpha value is -3.34. The van der Waals surface area contributed by atoms with Crippen molar-refractivity contribution in [3.63, 3.8) is 0 Å². The summed E-state index contributed by atoms with van der Waals surface area (Å²) in [4.78, 5) is 40.8. The number of hydrogen-bond donors (Lipinski definition) is 1. The van der Waals surface area contributed by atoms with Gasteiger partial charge >= 0.3 is 11.7 Å². The van der Waals surface area contributed by atoms with Gasteiger partial charge in [0, 0.05) is 11.8 Å². The van der Waals surface area contributed by atoms with Gasteiger partial charge in [-0.15, -0.1) is 0 Å². The van der Waals surface area contributed by atoms with Crippen LogP contribution in [0, 0.1) is 0 Å². The molecule has 164 valence electrons. The molecule has 0 bridgehead atoms. The molecule has 3 aromatic rings. The first-order valence-corrected chi connectivity index (χ1v) is 10.4. The first-order valence-electron chi connectivity index (χ1n) is 9.65. The van der Waals surface area contributed by atoms with E-state index in [1.807, 2.05) is 0 Å². The molecular weight excluding hydrogens is 482 g/mol. The summed E-state index contributed by atoms with van der Waals surface area (Å²) in [6.07, 6.45) is -0.121. The normalized spacial score (nSPS) is 17.7. The van der Waals surface area contributed by atoms with Crippen molar-refractivity contribution in [3.8, 4) is 0 Å². The van der Waals surface area contributed by atoms with Gasteiger partial charge in [0.25, 0.3) is 5.91 Å². The molecular formula is C22H18BrN3O6. The zero-order valence-electron chi connectivity index (χ0n) is 16.6. The van der Waals surface area contributed by atoms with E-state index in [1.54, 1.807) is 60.7 Å². The number of carbonyl (C=O) groups is 2. The SMILES string of the molecule is O=C(Nc1nc(=O)n([C@@H]2CO[C@H](COC(=O)c3ccccc3)O2)cc1Br)c1ccccc1. The van der Waals surface area contributed by atoms with E-state index in [9.17, 15) is 14.4 Å². The number of nitrogens with one attached hydrogen (secondary N) is 1. The van der Waals surface area contributed by atoms with Crippen LogP contribution in [0.5, 0.6) is 0 Å². The molecule has 0 aliphatic carbocycles. The minimum Gasteiger partial charge on any atom is -0.457 e. The highest BCUT2D eigenvalue weighted by atomic mass is 79.9. The first kappa shape index (κ1) is 21.9. The summed E-state index contributed by atoms with van der Waals surface area (Å²) >= 11 is 3.32. The first-order chi connectivity index (χ1) is 15.5. The lowest BCUT2D eigenvalue weighted by Crippen LogP contribution is -2.30. The van der Waals surface area contributed by atoms with Crippen molar-refractivity contribution in [1.82, 2.24) is 9.55 Å². The number of benzene rings is 2. The maximum atomic E-state index is 12.5. The van der Waals surface area contributed by atoms with Crippen LogP contribution in [0.4, 0.5) is 5.82 Å². The Labute approximate surface area is 191 Å².